The van der Waals surface area contributed by atoms with Gasteiger partial charge in [-0.15, -0.1) is 0 Å². The number of halogens is 1. The van der Waals surface area contributed by atoms with Gasteiger partial charge in [-0.3, -0.25) is 9.59 Å². The van der Waals surface area contributed by atoms with Gasteiger partial charge in [-0.1, -0.05) is 26.0 Å². The molecule has 0 heterocycles. The quantitative estimate of drug-likeness (QED) is 0.805. The summed E-state index contributed by atoms with van der Waals surface area (Å²) in [6, 6.07) is 6.30. The molecule has 0 aliphatic heterocycles. The predicted molar refractivity (Wildman–Crippen MR) is 73.7 cm³/mol. The molecule has 0 fully saturated rings. The van der Waals surface area contributed by atoms with E-state index in [1.165, 1.54) is 12.1 Å². The van der Waals surface area contributed by atoms with E-state index in [4.69, 9.17) is 5.11 Å². The van der Waals surface area contributed by atoms with E-state index in [-0.39, 0.29) is 24.2 Å². The maximum atomic E-state index is 13.0. The summed E-state index contributed by atoms with van der Waals surface area (Å²) in [5, 5.41) is 11.3. The molecule has 5 heteroatoms. The Bertz CT molecular complexity index is 476. The number of hydrogen-bond acceptors (Lipinski definition) is 2. The second-order valence-corrected chi connectivity index (χ2v) is 5.05. The number of rotatable bonds is 7. The molecule has 0 radical (unpaired) electrons. The van der Waals surface area contributed by atoms with Crippen LogP contribution >= 0.6 is 0 Å². The van der Waals surface area contributed by atoms with E-state index in [9.17, 15) is 14.0 Å². The molecule has 0 aliphatic carbocycles. The molecule has 0 saturated carbocycles. The molecule has 4 nitrogen and oxygen atoms in total. The summed E-state index contributed by atoms with van der Waals surface area (Å²) in [6.45, 7) is 3.44. The lowest BCUT2D eigenvalue weighted by Crippen LogP contribution is -2.35. The van der Waals surface area contributed by atoms with Gasteiger partial charge in [0.2, 0.25) is 5.91 Å². The number of carbonyl (C=O) groups is 2. The van der Waals surface area contributed by atoms with E-state index in [0.29, 0.717) is 12.8 Å². The highest BCUT2D eigenvalue weighted by molar-refractivity contribution is 5.79. The highest BCUT2D eigenvalue weighted by atomic mass is 19.1. The number of hydrogen-bond donors (Lipinski definition) is 2. The van der Waals surface area contributed by atoms with Crippen LogP contribution in [-0.4, -0.2) is 23.5 Å². The topological polar surface area (TPSA) is 66.4 Å². The molecule has 2 N–H and O–H groups in total. The summed E-state index contributed by atoms with van der Waals surface area (Å²) in [6.07, 6.45) is 1.21. The zero-order valence-electron chi connectivity index (χ0n) is 11.7. The predicted octanol–water partition coefficient (Wildman–Crippen LogP) is 2.23. The molecule has 1 rings (SSSR count). The van der Waals surface area contributed by atoms with Crippen molar-refractivity contribution in [1.29, 1.82) is 0 Å². The molecule has 0 bridgehead atoms. The molecule has 0 saturated heterocycles. The van der Waals surface area contributed by atoms with E-state index in [1.54, 1.807) is 19.9 Å². The Morgan fingerprint density at radius 1 is 1.30 bits per heavy atom. The van der Waals surface area contributed by atoms with Crippen molar-refractivity contribution in [2.45, 2.75) is 26.7 Å². The lowest BCUT2D eigenvalue weighted by Gasteiger charge is -2.13. The van der Waals surface area contributed by atoms with Crippen molar-refractivity contribution in [3.63, 3.8) is 0 Å². The molecule has 1 amide bonds. The van der Waals surface area contributed by atoms with Gasteiger partial charge < -0.3 is 10.4 Å². The minimum atomic E-state index is -0.933. The summed E-state index contributed by atoms with van der Waals surface area (Å²) < 4.78 is 13.0. The Labute approximate surface area is 118 Å². The summed E-state index contributed by atoms with van der Waals surface area (Å²) in [7, 11) is 0. The first-order valence-corrected chi connectivity index (χ1v) is 6.65. The van der Waals surface area contributed by atoms with Crippen LogP contribution in [-0.2, 0) is 16.0 Å². The maximum Gasteiger partial charge on any atom is 0.308 e. The first-order chi connectivity index (χ1) is 9.40. The van der Waals surface area contributed by atoms with Crippen molar-refractivity contribution in [3.8, 4) is 0 Å². The van der Waals surface area contributed by atoms with E-state index in [2.05, 4.69) is 5.32 Å². The van der Waals surface area contributed by atoms with Crippen molar-refractivity contribution in [1.82, 2.24) is 5.32 Å². The number of carbonyl (C=O) groups excluding carboxylic acids is 1. The molecule has 1 aromatic carbocycles. The van der Waals surface area contributed by atoms with Crippen molar-refractivity contribution >= 4 is 11.9 Å². The molecular weight excluding hydrogens is 261 g/mol. The van der Waals surface area contributed by atoms with Crippen LogP contribution in [0.25, 0.3) is 0 Å². The van der Waals surface area contributed by atoms with Gasteiger partial charge in [-0.25, -0.2) is 4.39 Å². The first-order valence-electron chi connectivity index (χ1n) is 6.65. The number of benzene rings is 1. The average Bonchev–Trinajstić information content (AvgIpc) is 2.41. The SMILES string of the molecule is CC(CNC(=O)C(C)CCc1cccc(F)c1)C(=O)O. The summed E-state index contributed by atoms with van der Waals surface area (Å²) in [4.78, 5) is 22.4. The zero-order chi connectivity index (χ0) is 15.1. The average molecular weight is 281 g/mol. The lowest BCUT2D eigenvalue weighted by atomic mass is 10.00. The molecule has 110 valence electrons. The normalized spacial score (nSPS) is 13.6. The minimum Gasteiger partial charge on any atom is -0.481 e. The van der Waals surface area contributed by atoms with E-state index >= 15 is 0 Å². The molecular formula is C15H20FNO3. The Morgan fingerprint density at radius 3 is 2.60 bits per heavy atom. The van der Waals surface area contributed by atoms with Gasteiger partial charge in [0, 0.05) is 12.5 Å². The monoisotopic (exact) mass is 281 g/mol. The zero-order valence-corrected chi connectivity index (χ0v) is 11.7. The fourth-order valence-corrected chi connectivity index (χ4v) is 1.72. The molecule has 0 spiro atoms. The number of amides is 1. The van der Waals surface area contributed by atoms with Gasteiger partial charge in [-0.05, 0) is 30.5 Å². The van der Waals surface area contributed by atoms with Crippen LogP contribution < -0.4 is 5.32 Å². The Kier molecular flexibility index (Phi) is 6.15. The fourth-order valence-electron chi connectivity index (χ4n) is 1.72. The highest BCUT2D eigenvalue weighted by Gasteiger charge is 2.16. The Hall–Kier alpha value is -1.91. The summed E-state index contributed by atoms with van der Waals surface area (Å²) in [5.74, 6) is -2.23. The number of aryl methyl sites for hydroxylation is 1. The molecule has 2 unspecified atom stereocenters. The van der Waals surface area contributed by atoms with Crippen molar-refractivity contribution in [3.05, 3.63) is 35.6 Å². The highest BCUT2D eigenvalue weighted by Crippen LogP contribution is 2.11. The Balaban J connectivity index is 2.36. The van der Waals surface area contributed by atoms with E-state index in [0.717, 1.165) is 5.56 Å². The number of carboxylic acids is 1. The van der Waals surface area contributed by atoms with Gasteiger partial charge in [0.05, 0.1) is 5.92 Å². The number of aliphatic carboxylic acids is 1. The Morgan fingerprint density at radius 2 is 2.00 bits per heavy atom. The lowest BCUT2D eigenvalue weighted by molar-refractivity contribution is -0.141. The molecule has 0 aliphatic rings. The second kappa shape index (κ2) is 7.62. The number of nitrogens with one attached hydrogen (secondary N) is 1. The minimum absolute atomic E-state index is 0.123. The third-order valence-corrected chi connectivity index (χ3v) is 3.21. The molecule has 1 aromatic rings. The van der Waals surface area contributed by atoms with Crippen LogP contribution in [0.5, 0.6) is 0 Å². The molecule has 20 heavy (non-hydrogen) atoms. The standard InChI is InChI=1S/C15H20FNO3/c1-10(14(18)17-9-11(2)15(19)20)6-7-12-4-3-5-13(16)8-12/h3-5,8,10-11H,6-7,9H2,1-2H3,(H,17,18)(H,19,20). The molecule has 0 aromatic heterocycles. The van der Waals surface area contributed by atoms with Crippen LogP contribution in [0.15, 0.2) is 24.3 Å². The summed E-state index contributed by atoms with van der Waals surface area (Å²) >= 11 is 0. The second-order valence-electron chi connectivity index (χ2n) is 5.05. The van der Waals surface area contributed by atoms with Crippen LogP contribution in [0, 0.1) is 17.7 Å². The van der Waals surface area contributed by atoms with Crippen LogP contribution in [0.1, 0.15) is 25.8 Å². The van der Waals surface area contributed by atoms with Gasteiger partial charge >= 0.3 is 5.97 Å². The van der Waals surface area contributed by atoms with Gasteiger partial charge in [-0.2, -0.15) is 0 Å². The molecule has 2 atom stereocenters. The van der Waals surface area contributed by atoms with Crippen molar-refractivity contribution < 1.29 is 19.1 Å². The van der Waals surface area contributed by atoms with Crippen LogP contribution in [0.2, 0.25) is 0 Å². The van der Waals surface area contributed by atoms with E-state index < -0.39 is 11.9 Å². The number of carboxylic acid groups (broad SMARTS) is 1. The fraction of sp³-hybridized carbons (Fsp3) is 0.467. The van der Waals surface area contributed by atoms with Gasteiger partial charge in [0.1, 0.15) is 5.82 Å². The maximum absolute atomic E-state index is 13.0. The smallest absolute Gasteiger partial charge is 0.308 e. The van der Waals surface area contributed by atoms with Crippen LogP contribution in [0.3, 0.4) is 0 Å². The third kappa shape index (κ3) is 5.38. The van der Waals surface area contributed by atoms with Crippen molar-refractivity contribution in [2.75, 3.05) is 6.54 Å². The van der Waals surface area contributed by atoms with E-state index in [1.807, 2.05) is 6.07 Å². The third-order valence-electron chi connectivity index (χ3n) is 3.21. The van der Waals surface area contributed by atoms with Gasteiger partial charge in [0.15, 0.2) is 0 Å². The van der Waals surface area contributed by atoms with Crippen molar-refractivity contribution in [2.24, 2.45) is 11.8 Å². The van der Waals surface area contributed by atoms with Crippen LogP contribution in [0.4, 0.5) is 4.39 Å². The largest absolute Gasteiger partial charge is 0.481 e. The first kappa shape index (κ1) is 16.1. The van der Waals surface area contributed by atoms with Gasteiger partial charge in [0.25, 0.3) is 0 Å². The summed E-state index contributed by atoms with van der Waals surface area (Å²) in [5.41, 5.74) is 0.851.